The standard InChI is InChI=1S/C14H18N2O/c1-2-10-7-15-14(9-17-10)12-8-16-13-6-4-3-5-11(12)13/h3-6,8,10,14-16H,2,7,9H2,1H3. The van der Waals surface area contributed by atoms with Gasteiger partial charge in [0.15, 0.2) is 0 Å². The zero-order valence-corrected chi connectivity index (χ0v) is 10.1. The molecule has 0 spiro atoms. The Labute approximate surface area is 101 Å². The third kappa shape index (κ3) is 1.96. The molecule has 1 aromatic heterocycles. The average Bonchev–Trinajstić information content (AvgIpc) is 2.83. The third-order valence-electron chi connectivity index (χ3n) is 3.54. The molecule has 1 fully saturated rings. The summed E-state index contributed by atoms with van der Waals surface area (Å²) in [5, 5.41) is 4.86. The fraction of sp³-hybridized carbons (Fsp3) is 0.429. The van der Waals surface area contributed by atoms with Crippen LogP contribution < -0.4 is 5.32 Å². The molecule has 2 unspecified atom stereocenters. The van der Waals surface area contributed by atoms with Crippen LogP contribution in [-0.2, 0) is 4.74 Å². The molecule has 0 radical (unpaired) electrons. The molecule has 2 aromatic rings. The summed E-state index contributed by atoms with van der Waals surface area (Å²) in [7, 11) is 0. The molecule has 17 heavy (non-hydrogen) atoms. The Morgan fingerprint density at radius 3 is 3.00 bits per heavy atom. The second-order valence-corrected chi connectivity index (χ2v) is 4.61. The highest BCUT2D eigenvalue weighted by atomic mass is 16.5. The number of hydrogen-bond donors (Lipinski definition) is 2. The zero-order chi connectivity index (χ0) is 11.7. The zero-order valence-electron chi connectivity index (χ0n) is 10.1. The van der Waals surface area contributed by atoms with Crippen molar-refractivity contribution in [3.63, 3.8) is 0 Å². The predicted octanol–water partition coefficient (Wildman–Crippen LogP) is 2.61. The molecule has 3 nitrogen and oxygen atoms in total. The summed E-state index contributed by atoms with van der Waals surface area (Å²) in [4.78, 5) is 3.32. The summed E-state index contributed by atoms with van der Waals surface area (Å²) in [5.74, 6) is 0. The summed E-state index contributed by atoms with van der Waals surface area (Å²) < 4.78 is 5.84. The normalized spacial score (nSPS) is 25.2. The summed E-state index contributed by atoms with van der Waals surface area (Å²) in [6.07, 6.45) is 3.54. The fourth-order valence-electron chi connectivity index (χ4n) is 2.47. The molecule has 2 N–H and O–H groups in total. The van der Waals surface area contributed by atoms with Gasteiger partial charge in [-0.2, -0.15) is 0 Å². The minimum absolute atomic E-state index is 0.314. The van der Waals surface area contributed by atoms with Crippen LogP contribution in [0.1, 0.15) is 24.9 Å². The van der Waals surface area contributed by atoms with Crippen LogP contribution in [0.15, 0.2) is 30.5 Å². The minimum atomic E-state index is 0.314. The van der Waals surface area contributed by atoms with E-state index in [4.69, 9.17) is 4.74 Å². The summed E-state index contributed by atoms with van der Waals surface area (Å²) in [6.45, 7) is 3.87. The maximum Gasteiger partial charge on any atom is 0.0698 e. The SMILES string of the molecule is CCC1CNC(c2c[nH]c3ccccc23)CO1. The molecule has 1 aliphatic rings. The van der Waals surface area contributed by atoms with Crippen LogP contribution in [0.25, 0.3) is 10.9 Å². The van der Waals surface area contributed by atoms with Crippen molar-refractivity contribution in [2.45, 2.75) is 25.5 Å². The van der Waals surface area contributed by atoms with E-state index in [2.05, 4.69) is 47.7 Å². The first-order chi connectivity index (χ1) is 8.38. The molecule has 0 bridgehead atoms. The van der Waals surface area contributed by atoms with Crippen LogP contribution >= 0.6 is 0 Å². The van der Waals surface area contributed by atoms with E-state index >= 15 is 0 Å². The molecule has 0 saturated carbocycles. The Kier molecular flexibility index (Phi) is 2.87. The fourth-order valence-corrected chi connectivity index (χ4v) is 2.47. The number of morpholine rings is 1. The number of hydrogen-bond acceptors (Lipinski definition) is 2. The highest BCUT2D eigenvalue weighted by Crippen LogP contribution is 2.26. The highest BCUT2D eigenvalue weighted by Gasteiger charge is 2.22. The van der Waals surface area contributed by atoms with E-state index in [1.165, 1.54) is 16.5 Å². The van der Waals surface area contributed by atoms with E-state index in [1.54, 1.807) is 0 Å². The molecule has 1 aliphatic heterocycles. The minimum Gasteiger partial charge on any atom is -0.375 e. The van der Waals surface area contributed by atoms with Crippen molar-refractivity contribution < 1.29 is 4.74 Å². The van der Waals surface area contributed by atoms with Crippen molar-refractivity contribution >= 4 is 10.9 Å². The molecule has 3 rings (SSSR count). The Hall–Kier alpha value is -1.32. The largest absolute Gasteiger partial charge is 0.375 e. The van der Waals surface area contributed by atoms with Gasteiger partial charge in [0.25, 0.3) is 0 Å². The maximum atomic E-state index is 5.84. The van der Waals surface area contributed by atoms with Crippen LogP contribution in [-0.4, -0.2) is 24.2 Å². The Morgan fingerprint density at radius 1 is 1.35 bits per heavy atom. The lowest BCUT2D eigenvalue weighted by Gasteiger charge is -2.29. The van der Waals surface area contributed by atoms with Crippen molar-refractivity contribution in [1.29, 1.82) is 0 Å². The van der Waals surface area contributed by atoms with Crippen LogP contribution in [0.5, 0.6) is 0 Å². The molecular formula is C14H18N2O. The van der Waals surface area contributed by atoms with E-state index in [-0.39, 0.29) is 0 Å². The van der Waals surface area contributed by atoms with Crippen molar-refractivity contribution in [2.75, 3.05) is 13.2 Å². The number of benzene rings is 1. The van der Waals surface area contributed by atoms with Gasteiger partial charge in [0.2, 0.25) is 0 Å². The number of nitrogens with one attached hydrogen (secondary N) is 2. The smallest absolute Gasteiger partial charge is 0.0698 e. The Balaban J connectivity index is 1.85. The van der Waals surface area contributed by atoms with Crippen molar-refractivity contribution in [1.82, 2.24) is 10.3 Å². The highest BCUT2D eigenvalue weighted by molar-refractivity contribution is 5.83. The summed E-state index contributed by atoms with van der Waals surface area (Å²) in [5.41, 5.74) is 2.51. The quantitative estimate of drug-likeness (QED) is 0.832. The molecule has 1 aromatic carbocycles. The number of rotatable bonds is 2. The molecule has 0 amide bonds. The van der Waals surface area contributed by atoms with Crippen LogP contribution in [0.4, 0.5) is 0 Å². The van der Waals surface area contributed by atoms with Crippen LogP contribution in [0.2, 0.25) is 0 Å². The number of aromatic nitrogens is 1. The Morgan fingerprint density at radius 2 is 2.24 bits per heavy atom. The third-order valence-corrected chi connectivity index (χ3v) is 3.54. The summed E-state index contributed by atoms with van der Waals surface area (Å²) >= 11 is 0. The first-order valence-electron chi connectivity index (χ1n) is 6.29. The average molecular weight is 230 g/mol. The van der Waals surface area contributed by atoms with Gasteiger partial charge in [0.1, 0.15) is 0 Å². The van der Waals surface area contributed by atoms with E-state index in [1.807, 2.05) is 0 Å². The van der Waals surface area contributed by atoms with Gasteiger partial charge in [-0.1, -0.05) is 25.1 Å². The second kappa shape index (κ2) is 4.51. The topological polar surface area (TPSA) is 37.0 Å². The summed E-state index contributed by atoms with van der Waals surface area (Å²) in [6, 6.07) is 8.72. The van der Waals surface area contributed by atoms with Gasteiger partial charge >= 0.3 is 0 Å². The maximum absolute atomic E-state index is 5.84. The number of aromatic amines is 1. The molecule has 2 atom stereocenters. The van der Waals surface area contributed by atoms with Crippen LogP contribution in [0.3, 0.4) is 0 Å². The molecular weight excluding hydrogens is 212 g/mol. The number of para-hydroxylation sites is 1. The van der Waals surface area contributed by atoms with Gasteiger partial charge in [-0.25, -0.2) is 0 Å². The first-order valence-corrected chi connectivity index (χ1v) is 6.29. The molecule has 0 aliphatic carbocycles. The van der Waals surface area contributed by atoms with Crippen molar-refractivity contribution in [3.8, 4) is 0 Å². The molecule has 1 saturated heterocycles. The second-order valence-electron chi connectivity index (χ2n) is 4.61. The Bertz CT molecular complexity index is 498. The lowest BCUT2D eigenvalue weighted by atomic mass is 10.0. The van der Waals surface area contributed by atoms with E-state index in [9.17, 15) is 0 Å². The predicted molar refractivity (Wildman–Crippen MR) is 69.1 cm³/mol. The van der Waals surface area contributed by atoms with Gasteiger partial charge in [0, 0.05) is 23.6 Å². The molecule has 90 valence electrons. The van der Waals surface area contributed by atoms with Gasteiger partial charge < -0.3 is 15.0 Å². The van der Waals surface area contributed by atoms with Crippen molar-refractivity contribution in [3.05, 3.63) is 36.0 Å². The van der Waals surface area contributed by atoms with E-state index in [0.29, 0.717) is 12.1 Å². The lowest BCUT2D eigenvalue weighted by Crippen LogP contribution is -2.40. The van der Waals surface area contributed by atoms with Gasteiger partial charge in [-0.15, -0.1) is 0 Å². The number of fused-ring (bicyclic) bond motifs is 1. The van der Waals surface area contributed by atoms with E-state index < -0.39 is 0 Å². The molecule has 3 heteroatoms. The lowest BCUT2D eigenvalue weighted by molar-refractivity contribution is 0.00233. The van der Waals surface area contributed by atoms with Crippen molar-refractivity contribution in [2.24, 2.45) is 0 Å². The number of ether oxygens (including phenoxy) is 1. The van der Waals surface area contributed by atoms with Gasteiger partial charge in [-0.05, 0) is 18.1 Å². The van der Waals surface area contributed by atoms with Gasteiger partial charge in [0.05, 0.1) is 18.8 Å². The molecule has 2 heterocycles. The van der Waals surface area contributed by atoms with Crippen LogP contribution in [0, 0.1) is 0 Å². The van der Waals surface area contributed by atoms with E-state index in [0.717, 1.165) is 19.6 Å². The van der Waals surface area contributed by atoms with Gasteiger partial charge in [-0.3, -0.25) is 0 Å². The number of H-pyrrole nitrogens is 1. The monoisotopic (exact) mass is 230 g/mol. The first kappa shape index (κ1) is 10.8.